The van der Waals surface area contributed by atoms with Crippen LogP contribution >= 0.6 is 11.8 Å². The summed E-state index contributed by atoms with van der Waals surface area (Å²) in [6.07, 6.45) is 0. The maximum absolute atomic E-state index is 5.83. The number of thioether (sulfide) groups is 1. The number of aryl methyl sites for hydroxylation is 1. The minimum absolute atomic E-state index is 0.826. The minimum atomic E-state index is 0.826. The lowest BCUT2D eigenvalue weighted by Gasteiger charge is -2.34. The molecule has 0 spiro atoms. The number of nitrogens with zero attached hydrogens (tertiary/aromatic N) is 2. The molecule has 0 N–H and O–H groups in total. The van der Waals surface area contributed by atoms with Gasteiger partial charge in [-0.15, -0.1) is 11.8 Å². The summed E-state index contributed by atoms with van der Waals surface area (Å²) in [5.41, 5.74) is 2.73. The van der Waals surface area contributed by atoms with Crippen LogP contribution in [0.5, 0.6) is 0 Å². The van der Waals surface area contributed by atoms with Crippen molar-refractivity contribution in [2.75, 3.05) is 51.7 Å². The van der Waals surface area contributed by atoms with Crippen LogP contribution in [0.15, 0.2) is 59.5 Å². The third-order valence-corrected chi connectivity index (χ3v) is 5.76. The Kier molecular flexibility index (Phi) is 8.02. The third kappa shape index (κ3) is 6.76. The maximum atomic E-state index is 5.83. The molecule has 140 valence electrons. The van der Waals surface area contributed by atoms with Crippen LogP contribution in [-0.2, 0) is 11.3 Å². The largest absolute Gasteiger partial charge is 0.379 e. The monoisotopic (exact) mass is 370 g/mol. The number of benzene rings is 2. The topological polar surface area (TPSA) is 15.7 Å². The second-order valence-electron chi connectivity index (χ2n) is 6.88. The van der Waals surface area contributed by atoms with E-state index in [1.165, 1.54) is 16.0 Å². The third-order valence-electron chi connectivity index (χ3n) is 4.78. The fraction of sp³-hybridized carbons (Fsp3) is 0.455. The van der Waals surface area contributed by atoms with Crippen LogP contribution < -0.4 is 0 Å². The lowest BCUT2D eigenvalue weighted by molar-refractivity contribution is 0.0795. The van der Waals surface area contributed by atoms with Crippen LogP contribution in [-0.4, -0.2) is 61.5 Å². The van der Waals surface area contributed by atoms with Gasteiger partial charge in [-0.3, -0.25) is 9.80 Å². The molecule has 0 aliphatic carbocycles. The molecule has 1 fully saturated rings. The Morgan fingerprint density at radius 1 is 0.846 bits per heavy atom. The lowest BCUT2D eigenvalue weighted by Crippen LogP contribution is -2.46. The van der Waals surface area contributed by atoms with Crippen molar-refractivity contribution >= 4 is 11.8 Å². The van der Waals surface area contributed by atoms with Crippen molar-refractivity contribution < 1.29 is 4.74 Å². The van der Waals surface area contributed by atoms with E-state index in [4.69, 9.17) is 4.74 Å². The fourth-order valence-electron chi connectivity index (χ4n) is 3.16. The first-order chi connectivity index (χ1) is 12.8. The Bertz CT molecular complexity index is 624. The molecule has 4 heteroatoms. The molecule has 2 aromatic rings. The van der Waals surface area contributed by atoms with Gasteiger partial charge in [0.05, 0.1) is 13.2 Å². The van der Waals surface area contributed by atoms with Crippen LogP contribution in [0.2, 0.25) is 0 Å². The second-order valence-corrected chi connectivity index (χ2v) is 8.05. The molecule has 0 saturated carbocycles. The van der Waals surface area contributed by atoms with Crippen molar-refractivity contribution in [2.24, 2.45) is 0 Å². The van der Waals surface area contributed by atoms with Crippen molar-refractivity contribution in [2.45, 2.75) is 18.4 Å². The Balaban J connectivity index is 1.22. The van der Waals surface area contributed by atoms with Crippen LogP contribution in [0.4, 0.5) is 0 Å². The van der Waals surface area contributed by atoms with E-state index < -0.39 is 0 Å². The van der Waals surface area contributed by atoms with Gasteiger partial charge in [-0.05, 0) is 24.6 Å². The number of hydrogen-bond acceptors (Lipinski definition) is 4. The first-order valence-electron chi connectivity index (χ1n) is 9.55. The Hall–Kier alpha value is -1.33. The summed E-state index contributed by atoms with van der Waals surface area (Å²) in [6, 6.07) is 19.5. The Morgan fingerprint density at radius 2 is 1.54 bits per heavy atom. The Labute approximate surface area is 162 Å². The van der Waals surface area contributed by atoms with Crippen LogP contribution in [0.1, 0.15) is 11.1 Å². The van der Waals surface area contributed by atoms with Gasteiger partial charge in [-0.25, -0.2) is 0 Å². The van der Waals surface area contributed by atoms with Crippen LogP contribution in [0, 0.1) is 6.92 Å². The molecule has 1 aliphatic rings. The first-order valence-corrected chi connectivity index (χ1v) is 10.5. The predicted octanol–water partition coefficient (Wildman–Crippen LogP) is 3.92. The Morgan fingerprint density at radius 3 is 2.27 bits per heavy atom. The van der Waals surface area contributed by atoms with Gasteiger partial charge in [-0.1, -0.05) is 48.0 Å². The zero-order chi connectivity index (χ0) is 18.0. The molecule has 1 aliphatic heterocycles. The average molecular weight is 371 g/mol. The zero-order valence-electron chi connectivity index (χ0n) is 15.8. The summed E-state index contributed by atoms with van der Waals surface area (Å²) in [5.74, 6) is 1.02. The van der Waals surface area contributed by atoms with Crippen LogP contribution in [0.25, 0.3) is 0 Å². The molecule has 26 heavy (non-hydrogen) atoms. The van der Waals surface area contributed by atoms with E-state index in [2.05, 4.69) is 71.3 Å². The van der Waals surface area contributed by atoms with Gasteiger partial charge in [0, 0.05) is 49.9 Å². The van der Waals surface area contributed by atoms with E-state index in [0.717, 1.165) is 58.2 Å². The minimum Gasteiger partial charge on any atom is -0.379 e. The van der Waals surface area contributed by atoms with E-state index in [1.54, 1.807) is 0 Å². The summed E-state index contributed by atoms with van der Waals surface area (Å²) in [4.78, 5) is 6.40. The van der Waals surface area contributed by atoms with Crippen molar-refractivity contribution in [3.8, 4) is 0 Å². The van der Waals surface area contributed by atoms with E-state index in [0.29, 0.717) is 0 Å². The van der Waals surface area contributed by atoms with Gasteiger partial charge >= 0.3 is 0 Å². The maximum Gasteiger partial charge on any atom is 0.0593 e. The predicted molar refractivity (Wildman–Crippen MR) is 111 cm³/mol. The average Bonchev–Trinajstić information content (AvgIpc) is 2.68. The first kappa shape index (κ1) is 19.4. The second kappa shape index (κ2) is 10.7. The summed E-state index contributed by atoms with van der Waals surface area (Å²) >= 11 is 1.87. The van der Waals surface area contributed by atoms with Crippen molar-refractivity contribution in [3.63, 3.8) is 0 Å². The molecule has 0 bridgehead atoms. The summed E-state index contributed by atoms with van der Waals surface area (Å²) in [7, 11) is 0. The fourth-order valence-corrected chi connectivity index (χ4v) is 3.93. The lowest BCUT2D eigenvalue weighted by atomic mass is 10.2. The molecule has 3 rings (SSSR count). The molecule has 0 amide bonds. The zero-order valence-corrected chi connectivity index (χ0v) is 16.6. The van der Waals surface area contributed by atoms with E-state index in [1.807, 2.05) is 11.8 Å². The molecule has 3 nitrogen and oxygen atoms in total. The molecule has 0 atom stereocenters. The van der Waals surface area contributed by atoms with Crippen molar-refractivity contribution in [3.05, 3.63) is 65.7 Å². The molecule has 2 aromatic carbocycles. The highest BCUT2D eigenvalue weighted by atomic mass is 32.2. The van der Waals surface area contributed by atoms with E-state index in [-0.39, 0.29) is 0 Å². The highest BCUT2D eigenvalue weighted by molar-refractivity contribution is 7.99. The van der Waals surface area contributed by atoms with Gasteiger partial charge in [0.1, 0.15) is 0 Å². The smallest absolute Gasteiger partial charge is 0.0593 e. The van der Waals surface area contributed by atoms with Crippen molar-refractivity contribution in [1.82, 2.24) is 9.80 Å². The molecule has 0 aromatic heterocycles. The summed E-state index contributed by atoms with van der Waals surface area (Å²) < 4.78 is 5.83. The molecular weight excluding hydrogens is 340 g/mol. The van der Waals surface area contributed by atoms with E-state index in [9.17, 15) is 0 Å². The number of piperazine rings is 1. The molecular formula is C22H30N2OS. The molecule has 1 heterocycles. The highest BCUT2D eigenvalue weighted by Gasteiger charge is 2.16. The quantitative estimate of drug-likeness (QED) is 0.491. The van der Waals surface area contributed by atoms with E-state index >= 15 is 0 Å². The normalized spacial score (nSPS) is 16.0. The molecule has 1 saturated heterocycles. The van der Waals surface area contributed by atoms with Crippen LogP contribution in [0.3, 0.4) is 0 Å². The van der Waals surface area contributed by atoms with Gasteiger partial charge in [0.2, 0.25) is 0 Å². The van der Waals surface area contributed by atoms with Gasteiger partial charge < -0.3 is 4.74 Å². The number of rotatable bonds is 9. The summed E-state index contributed by atoms with van der Waals surface area (Å²) in [6.45, 7) is 10.5. The number of ether oxygens (including phenoxy) is 1. The molecule has 0 radical (unpaired) electrons. The SMILES string of the molecule is Cc1ccc(SCCOCCN2CCN(Cc3ccccc3)CC2)cc1. The number of hydrogen-bond donors (Lipinski definition) is 0. The molecule has 0 unspecified atom stereocenters. The van der Waals surface area contributed by atoms with Gasteiger partial charge in [-0.2, -0.15) is 0 Å². The standard InChI is InChI=1S/C22H30N2OS/c1-20-7-9-22(10-8-20)26-18-17-25-16-15-23-11-13-24(14-12-23)19-21-5-3-2-4-6-21/h2-10H,11-19H2,1H3. The van der Waals surface area contributed by atoms with Gasteiger partial charge in [0.25, 0.3) is 0 Å². The summed E-state index contributed by atoms with van der Waals surface area (Å²) in [5, 5.41) is 0. The van der Waals surface area contributed by atoms with Crippen molar-refractivity contribution in [1.29, 1.82) is 0 Å². The van der Waals surface area contributed by atoms with Gasteiger partial charge in [0.15, 0.2) is 0 Å². The highest BCUT2D eigenvalue weighted by Crippen LogP contribution is 2.17.